The number of rotatable bonds is 4. The molecule has 4 nitrogen and oxygen atoms in total. The average molecular weight is 361 g/mol. The summed E-state index contributed by atoms with van der Waals surface area (Å²) in [6.07, 6.45) is 0.779. The van der Waals surface area contributed by atoms with Gasteiger partial charge in [0.1, 0.15) is 0 Å². The van der Waals surface area contributed by atoms with Gasteiger partial charge in [-0.1, -0.05) is 24.3 Å². The fourth-order valence-electron chi connectivity index (χ4n) is 3.15. The molecule has 1 amide bonds. The molecule has 4 rings (SSSR count). The SMILES string of the molecule is CC(=O)Nc1ccc(Cc2cc(-c3csc4ccccc34)n[nH]2)c(C)c1. The molecule has 0 aliphatic carbocycles. The van der Waals surface area contributed by atoms with E-state index in [9.17, 15) is 4.79 Å². The summed E-state index contributed by atoms with van der Waals surface area (Å²) >= 11 is 1.74. The minimum atomic E-state index is -0.0571. The van der Waals surface area contributed by atoms with Crippen LogP contribution in [-0.2, 0) is 11.2 Å². The van der Waals surface area contributed by atoms with E-state index in [1.54, 1.807) is 11.3 Å². The Hall–Kier alpha value is -2.92. The molecule has 0 bridgehead atoms. The van der Waals surface area contributed by atoms with Crippen molar-refractivity contribution in [1.82, 2.24) is 10.2 Å². The van der Waals surface area contributed by atoms with E-state index in [1.165, 1.54) is 28.1 Å². The second-order valence-electron chi connectivity index (χ2n) is 6.42. The van der Waals surface area contributed by atoms with Crippen LogP contribution >= 0.6 is 11.3 Å². The summed E-state index contributed by atoms with van der Waals surface area (Å²) in [5.41, 5.74) is 6.41. The Bertz CT molecular complexity index is 1090. The minimum absolute atomic E-state index is 0.0571. The molecule has 0 aliphatic rings. The molecular formula is C21H19N3OS. The molecule has 0 saturated carbocycles. The minimum Gasteiger partial charge on any atom is -0.326 e. The molecule has 0 saturated heterocycles. The number of nitrogens with zero attached hydrogens (tertiary/aromatic N) is 1. The van der Waals surface area contributed by atoms with Gasteiger partial charge in [-0.25, -0.2) is 0 Å². The molecule has 2 heterocycles. The van der Waals surface area contributed by atoms with E-state index in [-0.39, 0.29) is 5.91 Å². The largest absolute Gasteiger partial charge is 0.326 e. The number of H-pyrrole nitrogens is 1. The summed E-state index contributed by atoms with van der Waals surface area (Å²) in [6.45, 7) is 3.58. The van der Waals surface area contributed by atoms with Crippen molar-refractivity contribution < 1.29 is 4.79 Å². The molecule has 130 valence electrons. The van der Waals surface area contributed by atoms with Crippen molar-refractivity contribution in [3.8, 4) is 11.3 Å². The Labute approximate surface area is 155 Å². The summed E-state index contributed by atoms with van der Waals surface area (Å²) in [5.74, 6) is -0.0571. The van der Waals surface area contributed by atoms with E-state index in [1.807, 2.05) is 12.1 Å². The first-order valence-corrected chi connectivity index (χ1v) is 9.36. The Morgan fingerprint density at radius 3 is 2.85 bits per heavy atom. The number of hydrogen-bond donors (Lipinski definition) is 2. The summed E-state index contributed by atoms with van der Waals surface area (Å²) in [5, 5.41) is 13.9. The number of benzene rings is 2. The average Bonchev–Trinajstić information content (AvgIpc) is 3.23. The van der Waals surface area contributed by atoms with Crippen LogP contribution in [0.2, 0.25) is 0 Å². The number of aromatic amines is 1. The van der Waals surface area contributed by atoms with Crippen LogP contribution in [0.15, 0.2) is 53.9 Å². The quantitative estimate of drug-likeness (QED) is 0.528. The van der Waals surface area contributed by atoms with Gasteiger partial charge in [0.05, 0.1) is 5.69 Å². The van der Waals surface area contributed by atoms with Gasteiger partial charge in [0.25, 0.3) is 0 Å². The molecule has 26 heavy (non-hydrogen) atoms. The van der Waals surface area contributed by atoms with Crippen LogP contribution in [0, 0.1) is 6.92 Å². The van der Waals surface area contributed by atoms with Gasteiger partial charge in [-0.15, -0.1) is 11.3 Å². The van der Waals surface area contributed by atoms with E-state index in [4.69, 9.17) is 0 Å². The number of carbonyl (C=O) groups excluding carboxylic acids is 1. The normalized spacial score (nSPS) is 11.0. The van der Waals surface area contributed by atoms with Crippen LogP contribution in [0.1, 0.15) is 23.7 Å². The number of fused-ring (bicyclic) bond motifs is 1. The molecule has 5 heteroatoms. The molecule has 2 aromatic heterocycles. The standard InChI is InChI=1S/C21H19N3OS/c1-13-9-16(22-14(2)25)8-7-15(13)10-17-11-20(24-23-17)19-12-26-21-6-4-3-5-18(19)21/h3-9,11-12H,10H2,1-2H3,(H,22,25)(H,23,24). The summed E-state index contributed by atoms with van der Waals surface area (Å²) < 4.78 is 1.27. The van der Waals surface area contributed by atoms with Crippen molar-refractivity contribution in [2.45, 2.75) is 20.3 Å². The summed E-state index contributed by atoms with van der Waals surface area (Å²) in [6, 6.07) is 16.5. The maximum atomic E-state index is 11.2. The third kappa shape index (κ3) is 3.26. The Morgan fingerprint density at radius 2 is 2.04 bits per heavy atom. The molecule has 0 spiro atoms. The maximum Gasteiger partial charge on any atom is 0.221 e. The number of aromatic nitrogens is 2. The molecular weight excluding hydrogens is 342 g/mol. The smallest absolute Gasteiger partial charge is 0.221 e. The molecule has 2 aromatic carbocycles. The highest BCUT2D eigenvalue weighted by molar-refractivity contribution is 7.17. The van der Waals surface area contributed by atoms with Crippen molar-refractivity contribution in [3.63, 3.8) is 0 Å². The fraction of sp³-hybridized carbons (Fsp3) is 0.143. The number of hydrogen-bond acceptors (Lipinski definition) is 3. The second kappa shape index (κ2) is 6.77. The maximum absolute atomic E-state index is 11.2. The van der Waals surface area contributed by atoms with Crippen LogP contribution < -0.4 is 5.32 Å². The predicted molar refractivity (Wildman–Crippen MR) is 108 cm³/mol. The monoisotopic (exact) mass is 361 g/mol. The summed E-state index contributed by atoms with van der Waals surface area (Å²) in [4.78, 5) is 11.2. The zero-order chi connectivity index (χ0) is 18.1. The van der Waals surface area contributed by atoms with Gasteiger partial charge in [-0.2, -0.15) is 5.10 Å². The number of amides is 1. The zero-order valence-corrected chi connectivity index (χ0v) is 15.5. The number of anilines is 1. The van der Waals surface area contributed by atoms with Crippen molar-refractivity contribution in [3.05, 3.63) is 70.7 Å². The van der Waals surface area contributed by atoms with Gasteiger partial charge in [0.15, 0.2) is 0 Å². The van der Waals surface area contributed by atoms with Crippen LogP contribution in [-0.4, -0.2) is 16.1 Å². The lowest BCUT2D eigenvalue weighted by Crippen LogP contribution is -2.06. The lowest BCUT2D eigenvalue weighted by atomic mass is 10.0. The van der Waals surface area contributed by atoms with Crippen LogP contribution in [0.5, 0.6) is 0 Å². The van der Waals surface area contributed by atoms with E-state index < -0.39 is 0 Å². The lowest BCUT2D eigenvalue weighted by Gasteiger charge is -2.08. The molecule has 0 unspecified atom stereocenters. The lowest BCUT2D eigenvalue weighted by molar-refractivity contribution is -0.114. The molecule has 2 N–H and O–H groups in total. The van der Waals surface area contributed by atoms with E-state index in [2.05, 4.69) is 64.2 Å². The number of thiophene rings is 1. The second-order valence-corrected chi connectivity index (χ2v) is 7.33. The zero-order valence-electron chi connectivity index (χ0n) is 14.7. The number of carbonyl (C=O) groups is 1. The number of aryl methyl sites for hydroxylation is 1. The molecule has 4 aromatic rings. The van der Waals surface area contributed by atoms with E-state index in [0.717, 1.165) is 29.1 Å². The topological polar surface area (TPSA) is 57.8 Å². The highest BCUT2D eigenvalue weighted by atomic mass is 32.1. The van der Waals surface area contributed by atoms with Crippen molar-refractivity contribution in [2.24, 2.45) is 0 Å². The predicted octanol–water partition coefficient (Wildman–Crippen LogP) is 5.15. The third-order valence-corrected chi connectivity index (χ3v) is 5.40. The first-order chi connectivity index (χ1) is 12.6. The third-order valence-electron chi connectivity index (χ3n) is 4.43. The van der Waals surface area contributed by atoms with Gasteiger partial charge in [0.2, 0.25) is 5.91 Å². The Morgan fingerprint density at radius 1 is 1.19 bits per heavy atom. The van der Waals surface area contributed by atoms with Gasteiger partial charge < -0.3 is 5.32 Å². The first-order valence-electron chi connectivity index (χ1n) is 8.48. The number of nitrogens with one attached hydrogen (secondary N) is 2. The Balaban J connectivity index is 1.58. The van der Waals surface area contributed by atoms with Crippen molar-refractivity contribution in [1.29, 1.82) is 0 Å². The fourth-order valence-corrected chi connectivity index (χ4v) is 4.10. The van der Waals surface area contributed by atoms with Crippen molar-refractivity contribution >= 4 is 33.0 Å². The summed E-state index contributed by atoms with van der Waals surface area (Å²) in [7, 11) is 0. The first kappa shape index (κ1) is 16.5. The van der Waals surface area contributed by atoms with E-state index >= 15 is 0 Å². The Kier molecular flexibility index (Phi) is 4.31. The van der Waals surface area contributed by atoms with E-state index in [0.29, 0.717) is 0 Å². The van der Waals surface area contributed by atoms with Crippen LogP contribution in [0.4, 0.5) is 5.69 Å². The van der Waals surface area contributed by atoms with Gasteiger partial charge in [-0.3, -0.25) is 9.89 Å². The molecule has 0 atom stereocenters. The highest BCUT2D eigenvalue weighted by Crippen LogP contribution is 2.33. The molecule has 0 fully saturated rings. The van der Waals surface area contributed by atoms with Crippen LogP contribution in [0.25, 0.3) is 21.3 Å². The van der Waals surface area contributed by atoms with Crippen LogP contribution in [0.3, 0.4) is 0 Å². The molecule has 0 aliphatic heterocycles. The highest BCUT2D eigenvalue weighted by Gasteiger charge is 2.11. The van der Waals surface area contributed by atoms with Crippen molar-refractivity contribution in [2.75, 3.05) is 5.32 Å². The van der Waals surface area contributed by atoms with Gasteiger partial charge >= 0.3 is 0 Å². The van der Waals surface area contributed by atoms with Gasteiger partial charge in [0, 0.05) is 45.8 Å². The van der Waals surface area contributed by atoms with Gasteiger partial charge in [-0.05, 0) is 42.3 Å². The molecule has 0 radical (unpaired) electrons.